The summed E-state index contributed by atoms with van der Waals surface area (Å²) >= 11 is 0. The van der Waals surface area contributed by atoms with Gasteiger partial charge in [-0.25, -0.2) is 9.37 Å². The number of rotatable bonds is 8. The molecule has 0 aliphatic carbocycles. The molecule has 0 bridgehead atoms. The number of carbonyl (C=O) groups excluding carboxylic acids is 1. The maximum Gasteiger partial charge on any atom is 0.222 e. The van der Waals surface area contributed by atoms with Gasteiger partial charge in [0.1, 0.15) is 18.2 Å². The first-order chi connectivity index (χ1) is 13.5. The number of benzene rings is 2. The highest BCUT2D eigenvalue weighted by Gasteiger charge is 2.12. The number of hydrogen-bond donors (Lipinski definition) is 0. The minimum absolute atomic E-state index is 0.00471. The Hall–Kier alpha value is -3.15. The van der Waals surface area contributed by atoms with Gasteiger partial charge in [-0.1, -0.05) is 18.2 Å². The predicted octanol–water partition coefficient (Wildman–Crippen LogP) is 4.26. The zero-order valence-electron chi connectivity index (χ0n) is 16.0. The summed E-state index contributed by atoms with van der Waals surface area (Å²) in [5, 5.41) is 0. The highest BCUT2D eigenvalue weighted by atomic mass is 19.1. The van der Waals surface area contributed by atoms with E-state index in [4.69, 9.17) is 9.15 Å². The zero-order chi connectivity index (χ0) is 19.9. The van der Waals surface area contributed by atoms with Crippen LogP contribution in [0.5, 0.6) is 5.75 Å². The quantitative estimate of drug-likeness (QED) is 0.584. The van der Waals surface area contributed by atoms with Crippen molar-refractivity contribution in [3.05, 3.63) is 72.0 Å². The lowest BCUT2D eigenvalue weighted by atomic mass is 10.2. The Morgan fingerprint density at radius 3 is 2.68 bits per heavy atom. The van der Waals surface area contributed by atoms with E-state index in [0.29, 0.717) is 37.6 Å². The molecule has 0 N–H and O–H groups in total. The van der Waals surface area contributed by atoms with Gasteiger partial charge >= 0.3 is 0 Å². The van der Waals surface area contributed by atoms with E-state index < -0.39 is 0 Å². The molecule has 28 heavy (non-hydrogen) atoms. The summed E-state index contributed by atoms with van der Waals surface area (Å²) in [5.74, 6) is 1.56. The van der Waals surface area contributed by atoms with Crippen molar-refractivity contribution in [1.29, 1.82) is 0 Å². The average Bonchev–Trinajstić information content (AvgIpc) is 3.17. The monoisotopic (exact) mass is 382 g/mol. The molecule has 1 heterocycles. The van der Waals surface area contributed by atoms with Crippen molar-refractivity contribution in [3.8, 4) is 17.1 Å². The van der Waals surface area contributed by atoms with Crippen LogP contribution in [0.25, 0.3) is 11.3 Å². The summed E-state index contributed by atoms with van der Waals surface area (Å²) < 4.78 is 24.4. The first kappa shape index (κ1) is 19.6. The molecular weight excluding hydrogens is 359 g/mol. The summed E-state index contributed by atoms with van der Waals surface area (Å²) in [5.41, 5.74) is 1.81. The van der Waals surface area contributed by atoms with Crippen LogP contribution in [0.3, 0.4) is 0 Å². The first-order valence-electron chi connectivity index (χ1n) is 9.16. The molecule has 0 fully saturated rings. The molecular formula is C22H23FN2O3. The van der Waals surface area contributed by atoms with E-state index in [1.165, 1.54) is 12.1 Å². The maximum atomic E-state index is 13.0. The van der Waals surface area contributed by atoms with Gasteiger partial charge in [-0.05, 0) is 42.8 Å². The van der Waals surface area contributed by atoms with E-state index in [1.807, 2.05) is 31.2 Å². The van der Waals surface area contributed by atoms with Gasteiger partial charge in [0.25, 0.3) is 0 Å². The summed E-state index contributed by atoms with van der Waals surface area (Å²) in [6, 6.07) is 13.8. The summed E-state index contributed by atoms with van der Waals surface area (Å²) in [6.07, 6.45) is 2.29. The van der Waals surface area contributed by atoms with E-state index >= 15 is 0 Å². The lowest BCUT2D eigenvalue weighted by molar-refractivity contribution is -0.130. The lowest BCUT2D eigenvalue weighted by Crippen LogP contribution is -2.31. The maximum absolute atomic E-state index is 13.0. The molecule has 0 aliphatic rings. The second-order valence-corrected chi connectivity index (χ2v) is 6.55. The number of hydrogen-bond acceptors (Lipinski definition) is 4. The Morgan fingerprint density at radius 1 is 1.18 bits per heavy atom. The van der Waals surface area contributed by atoms with Crippen LogP contribution in [0.2, 0.25) is 0 Å². The molecule has 0 aliphatic heterocycles. The molecule has 1 aromatic heterocycles. The van der Waals surface area contributed by atoms with Gasteiger partial charge in [0, 0.05) is 25.5 Å². The van der Waals surface area contributed by atoms with Crippen molar-refractivity contribution in [2.45, 2.75) is 19.8 Å². The van der Waals surface area contributed by atoms with Crippen molar-refractivity contribution in [2.24, 2.45) is 0 Å². The Balaban J connectivity index is 1.44. The molecule has 6 heteroatoms. The third-order valence-corrected chi connectivity index (χ3v) is 4.44. The second-order valence-electron chi connectivity index (χ2n) is 6.55. The van der Waals surface area contributed by atoms with E-state index in [9.17, 15) is 9.18 Å². The van der Waals surface area contributed by atoms with Crippen molar-refractivity contribution in [2.75, 3.05) is 20.2 Å². The summed E-state index contributed by atoms with van der Waals surface area (Å²) in [6.45, 7) is 2.92. The Bertz CT molecular complexity index is 922. The number of likely N-dealkylation sites (N-methyl/N-ethyl adjacent to an activating group) is 1. The molecule has 0 saturated heterocycles. The largest absolute Gasteiger partial charge is 0.491 e. The van der Waals surface area contributed by atoms with Crippen LogP contribution in [0, 0.1) is 12.7 Å². The number of oxazole rings is 1. The fraction of sp³-hybridized carbons (Fsp3) is 0.273. The molecule has 0 unspecified atom stereocenters. The van der Waals surface area contributed by atoms with Gasteiger partial charge in [0.2, 0.25) is 5.91 Å². The van der Waals surface area contributed by atoms with E-state index in [-0.39, 0.29) is 11.7 Å². The summed E-state index contributed by atoms with van der Waals surface area (Å²) in [4.78, 5) is 18.1. The molecule has 5 nitrogen and oxygen atoms in total. The SMILES string of the molecule is Cc1ccccc1OCCN(C)C(=O)CCc1ncc(-c2ccc(F)cc2)o1. The van der Waals surface area contributed by atoms with Crippen LogP contribution >= 0.6 is 0 Å². The fourth-order valence-electron chi connectivity index (χ4n) is 2.71. The Morgan fingerprint density at radius 2 is 1.93 bits per heavy atom. The van der Waals surface area contributed by atoms with Crippen LogP contribution in [-0.2, 0) is 11.2 Å². The van der Waals surface area contributed by atoms with Crippen LogP contribution in [0.1, 0.15) is 17.9 Å². The molecule has 0 radical (unpaired) electrons. The molecule has 3 rings (SSSR count). The molecule has 0 saturated carbocycles. The van der Waals surface area contributed by atoms with E-state index in [0.717, 1.165) is 16.9 Å². The van der Waals surface area contributed by atoms with Crippen LogP contribution in [-0.4, -0.2) is 36.0 Å². The number of para-hydroxylation sites is 1. The molecule has 2 aromatic carbocycles. The minimum Gasteiger partial charge on any atom is -0.491 e. The third kappa shape index (κ3) is 5.19. The van der Waals surface area contributed by atoms with Crippen molar-refractivity contribution < 1.29 is 18.3 Å². The van der Waals surface area contributed by atoms with Crippen LogP contribution < -0.4 is 4.74 Å². The number of nitrogens with zero attached hydrogens (tertiary/aromatic N) is 2. The van der Waals surface area contributed by atoms with E-state index in [1.54, 1.807) is 30.3 Å². The topological polar surface area (TPSA) is 55.6 Å². The molecule has 146 valence electrons. The first-order valence-corrected chi connectivity index (χ1v) is 9.16. The van der Waals surface area contributed by atoms with Gasteiger partial charge in [-0.2, -0.15) is 0 Å². The highest BCUT2D eigenvalue weighted by Crippen LogP contribution is 2.21. The minimum atomic E-state index is -0.302. The molecule has 0 atom stereocenters. The number of carbonyl (C=O) groups is 1. The highest BCUT2D eigenvalue weighted by molar-refractivity contribution is 5.76. The molecule has 3 aromatic rings. The second kappa shape index (κ2) is 9.17. The number of aromatic nitrogens is 1. The van der Waals surface area contributed by atoms with Gasteiger partial charge in [0.05, 0.1) is 12.7 Å². The standard InChI is InChI=1S/C22H23FN2O3/c1-16-5-3-4-6-19(16)27-14-13-25(2)22(26)12-11-21-24-15-20(28-21)17-7-9-18(23)10-8-17/h3-10,15H,11-14H2,1-2H3. The van der Waals surface area contributed by atoms with Crippen LogP contribution in [0.15, 0.2) is 59.1 Å². The van der Waals surface area contributed by atoms with Crippen molar-refractivity contribution in [3.63, 3.8) is 0 Å². The zero-order valence-corrected chi connectivity index (χ0v) is 16.0. The number of aryl methyl sites for hydroxylation is 2. The normalized spacial score (nSPS) is 10.7. The van der Waals surface area contributed by atoms with Gasteiger partial charge < -0.3 is 14.1 Å². The predicted molar refractivity (Wildman–Crippen MR) is 105 cm³/mol. The fourth-order valence-corrected chi connectivity index (χ4v) is 2.71. The van der Waals surface area contributed by atoms with Gasteiger partial charge in [0.15, 0.2) is 11.7 Å². The van der Waals surface area contributed by atoms with Crippen molar-refractivity contribution >= 4 is 5.91 Å². The smallest absolute Gasteiger partial charge is 0.222 e. The van der Waals surface area contributed by atoms with Gasteiger partial charge in [-0.3, -0.25) is 4.79 Å². The Kier molecular flexibility index (Phi) is 6.42. The molecule has 0 spiro atoms. The third-order valence-electron chi connectivity index (χ3n) is 4.44. The Labute approximate surface area is 163 Å². The number of halogens is 1. The van der Waals surface area contributed by atoms with Crippen LogP contribution in [0.4, 0.5) is 4.39 Å². The summed E-state index contributed by atoms with van der Waals surface area (Å²) in [7, 11) is 1.75. The number of ether oxygens (including phenoxy) is 1. The lowest BCUT2D eigenvalue weighted by Gasteiger charge is -2.17. The average molecular weight is 382 g/mol. The number of amides is 1. The van der Waals surface area contributed by atoms with Crippen molar-refractivity contribution in [1.82, 2.24) is 9.88 Å². The molecule has 1 amide bonds. The van der Waals surface area contributed by atoms with E-state index in [2.05, 4.69) is 4.98 Å². The van der Waals surface area contributed by atoms with Gasteiger partial charge in [-0.15, -0.1) is 0 Å².